The van der Waals surface area contributed by atoms with Gasteiger partial charge in [-0.1, -0.05) is 29.8 Å². The summed E-state index contributed by atoms with van der Waals surface area (Å²) in [6.45, 7) is 2.04. The molecule has 2 nitrogen and oxygen atoms in total. The van der Waals surface area contributed by atoms with Gasteiger partial charge < -0.3 is 4.57 Å². The van der Waals surface area contributed by atoms with Crippen molar-refractivity contribution in [3.8, 4) is 6.07 Å². The standard InChI is InChI=1S/C15H14N2/c1-12-5-7-13(8-6-12)14(11-16)10-15-4-3-9-17(15)2/h3-10H,1-2H3/b14-10+. The Bertz CT molecular complexity index is 580. The van der Waals surface area contributed by atoms with E-state index in [0.717, 1.165) is 11.3 Å². The third-order valence-corrected chi connectivity index (χ3v) is 2.76. The monoisotopic (exact) mass is 222 g/mol. The van der Waals surface area contributed by atoms with Gasteiger partial charge in [-0.3, -0.25) is 0 Å². The molecule has 1 aromatic heterocycles. The molecule has 0 aliphatic carbocycles. The fourth-order valence-electron chi connectivity index (χ4n) is 1.69. The number of allylic oxidation sites excluding steroid dienone is 1. The van der Waals surface area contributed by atoms with Crippen LogP contribution in [0.4, 0.5) is 0 Å². The molecule has 2 rings (SSSR count). The number of aromatic nitrogens is 1. The van der Waals surface area contributed by atoms with Gasteiger partial charge in [-0.2, -0.15) is 5.26 Å². The lowest BCUT2D eigenvalue weighted by atomic mass is 10.0. The van der Waals surface area contributed by atoms with E-state index >= 15 is 0 Å². The van der Waals surface area contributed by atoms with Gasteiger partial charge in [0.15, 0.2) is 0 Å². The van der Waals surface area contributed by atoms with E-state index < -0.39 is 0 Å². The first-order chi connectivity index (χ1) is 8.20. The van der Waals surface area contributed by atoms with E-state index in [1.165, 1.54) is 5.56 Å². The molecule has 17 heavy (non-hydrogen) atoms. The van der Waals surface area contributed by atoms with Crippen LogP contribution in [0.2, 0.25) is 0 Å². The first-order valence-corrected chi connectivity index (χ1v) is 5.51. The van der Waals surface area contributed by atoms with E-state index in [1.807, 2.05) is 67.2 Å². The lowest BCUT2D eigenvalue weighted by molar-refractivity contribution is 0.915. The van der Waals surface area contributed by atoms with Crippen LogP contribution in [0.3, 0.4) is 0 Å². The smallest absolute Gasteiger partial charge is 0.0998 e. The van der Waals surface area contributed by atoms with E-state index in [-0.39, 0.29) is 0 Å². The topological polar surface area (TPSA) is 28.7 Å². The highest BCUT2D eigenvalue weighted by atomic mass is 14.9. The van der Waals surface area contributed by atoms with E-state index in [0.29, 0.717) is 5.57 Å². The Hall–Kier alpha value is -2.27. The maximum atomic E-state index is 9.21. The number of hydrogen-bond donors (Lipinski definition) is 0. The van der Waals surface area contributed by atoms with Crippen molar-refractivity contribution in [2.75, 3.05) is 0 Å². The van der Waals surface area contributed by atoms with Crippen molar-refractivity contribution in [2.45, 2.75) is 6.92 Å². The number of hydrogen-bond acceptors (Lipinski definition) is 1. The lowest BCUT2D eigenvalue weighted by Gasteiger charge is -2.01. The first kappa shape index (κ1) is 11.2. The van der Waals surface area contributed by atoms with Crippen molar-refractivity contribution in [3.63, 3.8) is 0 Å². The minimum absolute atomic E-state index is 0.687. The third kappa shape index (κ3) is 2.46. The molecule has 0 saturated carbocycles. The van der Waals surface area contributed by atoms with Crippen LogP contribution in [0.5, 0.6) is 0 Å². The van der Waals surface area contributed by atoms with Crippen LogP contribution in [0.25, 0.3) is 11.6 Å². The van der Waals surface area contributed by atoms with E-state index in [2.05, 4.69) is 6.07 Å². The Morgan fingerprint density at radius 1 is 1.24 bits per heavy atom. The fraction of sp³-hybridized carbons (Fsp3) is 0.133. The van der Waals surface area contributed by atoms with Crippen LogP contribution in [0.15, 0.2) is 42.6 Å². The van der Waals surface area contributed by atoms with E-state index in [9.17, 15) is 5.26 Å². The largest absolute Gasteiger partial charge is 0.351 e. The molecule has 2 heteroatoms. The van der Waals surface area contributed by atoms with Gasteiger partial charge in [0.2, 0.25) is 0 Å². The molecule has 0 N–H and O–H groups in total. The molecule has 84 valence electrons. The number of aryl methyl sites for hydroxylation is 2. The highest BCUT2D eigenvalue weighted by Crippen LogP contribution is 2.18. The minimum atomic E-state index is 0.687. The van der Waals surface area contributed by atoms with Crippen molar-refractivity contribution in [1.29, 1.82) is 5.26 Å². The van der Waals surface area contributed by atoms with Crippen molar-refractivity contribution < 1.29 is 0 Å². The second-order valence-electron chi connectivity index (χ2n) is 4.08. The maximum absolute atomic E-state index is 9.21. The molecule has 1 heterocycles. The van der Waals surface area contributed by atoms with Crippen molar-refractivity contribution in [1.82, 2.24) is 4.57 Å². The van der Waals surface area contributed by atoms with Crippen molar-refractivity contribution in [3.05, 3.63) is 59.4 Å². The summed E-state index contributed by atoms with van der Waals surface area (Å²) in [4.78, 5) is 0. The first-order valence-electron chi connectivity index (χ1n) is 5.51. The van der Waals surface area contributed by atoms with Crippen LogP contribution in [0, 0.1) is 18.3 Å². The molecule has 0 amide bonds. The summed E-state index contributed by atoms with van der Waals surface area (Å²) in [5.41, 5.74) is 3.87. The summed E-state index contributed by atoms with van der Waals surface area (Å²) in [6, 6.07) is 14.2. The minimum Gasteiger partial charge on any atom is -0.351 e. The second-order valence-corrected chi connectivity index (χ2v) is 4.08. The third-order valence-electron chi connectivity index (χ3n) is 2.76. The Kier molecular flexibility index (Phi) is 3.11. The van der Waals surface area contributed by atoms with Crippen LogP contribution in [0.1, 0.15) is 16.8 Å². The zero-order chi connectivity index (χ0) is 12.3. The van der Waals surface area contributed by atoms with Gasteiger partial charge in [-0.05, 0) is 30.7 Å². The van der Waals surface area contributed by atoms with Gasteiger partial charge >= 0.3 is 0 Å². The average molecular weight is 222 g/mol. The Balaban J connectivity index is 2.41. The zero-order valence-corrected chi connectivity index (χ0v) is 10.0. The summed E-state index contributed by atoms with van der Waals surface area (Å²) in [5, 5.41) is 9.21. The van der Waals surface area contributed by atoms with Gasteiger partial charge in [0.25, 0.3) is 0 Å². The van der Waals surface area contributed by atoms with Gasteiger partial charge in [0.1, 0.15) is 0 Å². The molecule has 0 radical (unpaired) electrons. The highest BCUT2D eigenvalue weighted by Gasteiger charge is 2.01. The van der Waals surface area contributed by atoms with E-state index in [4.69, 9.17) is 0 Å². The number of nitrogens with zero attached hydrogens (tertiary/aromatic N) is 2. The predicted octanol–water partition coefficient (Wildman–Crippen LogP) is 3.40. The molecule has 0 aliphatic rings. The lowest BCUT2D eigenvalue weighted by Crippen LogP contribution is -1.89. The summed E-state index contributed by atoms with van der Waals surface area (Å²) in [7, 11) is 1.97. The Morgan fingerprint density at radius 3 is 2.47 bits per heavy atom. The molecular weight excluding hydrogens is 208 g/mol. The fourth-order valence-corrected chi connectivity index (χ4v) is 1.69. The molecule has 0 bridgehead atoms. The highest BCUT2D eigenvalue weighted by molar-refractivity contribution is 5.89. The molecular formula is C15H14N2. The Morgan fingerprint density at radius 2 is 1.94 bits per heavy atom. The number of nitriles is 1. The molecule has 0 aliphatic heterocycles. The molecule has 0 fully saturated rings. The molecule has 0 atom stereocenters. The van der Waals surface area contributed by atoms with Crippen molar-refractivity contribution >= 4 is 11.6 Å². The van der Waals surface area contributed by atoms with Crippen LogP contribution in [-0.4, -0.2) is 4.57 Å². The molecule has 2 aromatic rings. The average Bonchev–Trinajstić information content (AvgIpc) is 2.73. The van der Waals surface area contributed by atoms with Gasteiger partial charge in [-0.15, -0.1) is 0 Å². The number of rotatable bonds is 2. The van der Waals surface area contributed by atoms with Gasteiger partial charge in [-0.25, -0.2) is 0 Å². The SMILES string of the molecule is Cc1ccc(/C(C#N)=C/c2cccn2C)cc1. The van der Waals surface area contributed by atoms with Crippen LogP contribution < -0.4 is 0 Å². The predicted molar refractivity (Wildman–Crippen MR) is 70.1 cm³/mol. The normalized spacial score (nSPS) is 11.2. The van der Waals surface area contributed by atoms with Crippen LogP contribution in [-0.2, 0) is 7.05 Å². The van der Waals surface area contributed by atoms with Crippen molar-refractivity contribution in [2.24, 2.45) is 7.05 Å². The molecule has 0 saturated heterocycles. The quantitative estimate of drug-likeness (QED) is 0.716. The number of benzene rings is 1. The summed E-state index contributed by atoms with van der Waals surface area (Å²) in [6.07, 6.45) is 3.88. The Labute approximate surface area is 101 Å². The zero-order valence-electron chi connectivity index (χ0n) is 10.0. The molecule has 0 unspecified atom stereocenters. The molecule has 1 aromatic carbocycles. The molecule has 0 spiro atoms. The summed E-state index contributed by atoms with van der Waals surface area (Å²) < 4.78 is 1.99. The van der Waals surface area contributed by atoms with Gasteiger partial charge in [0.05, 0.1) is 11.6 Å². The second kappa shape index (κ2) is 4.71. The van der Waals surface area contributed by atoms with Gasteiger partial charge in [0, 0.05) is 18.9 Å². The van der Waals surface area contributed by atoms with E-state index in [1.54, 1.807) is 0 Å². The summed E-state index contributed by atoms with van der Waals surface area (Å²) >= 11 is 0. The van der Waals surface area contributed by atoms with Crippen LogP contribution >= 0.6 is 0 Å². The summed E-state index contributed by atoms with van der Waals surface area (Å²) in [5.74, 6) is 0. The maximum Gasteiger partial charge on any atom is 0.0998 e.